The Balaban J connectivity index is 2.17. The molecule has 0 saturated carbocycles. The van der Waals surface area contributed by atoms with Gasteiger partial charge in [-0.2, -0.15) is 5.10 Å². The van der Waals surface area contributed by atoms with Crippen LogP contribution in [0.4, 0.5) is 5.69 Å². The molecule has 5 heteroatoms. The van der Waals surface area contributed by atoms with Gasteiger partial charge in [-0.1, -0.05) is 24.8 Å². The first-order chi connectivity index (χ1) is 10.1. The van der Waals surface area contributed by atoms with Gasteiger partial charge in [0.25, 0.3) is 5.91 Å². The monoisotopic (exact) mass is 282 g/mol. The Labute approximate surface area is 124 Å². The minimum Gasteiger partial charge on any atom is -0.321 e. The molecule has 1 aromatic heterocycles. The van der Waals surface area contributed by atoms with Gasteiger partial charge in [0, 0.05) is 18.3 Å². The predicted octanol–water partition coefficient (Wildman–Crippen LogP) is 1.54. The number of rotatable bonds is 3. The average molecular weight is 282 g/mol. The molecule has 0 fully saturated rings. The van der Waals surface area contributed by atoms with Crippen molar-refractivity contribution in [2.75, 3.05) is 11.9 Å². The summed E-state index contributed by atoms with van der Waals surface area (Å²) < 4.78 is 1.59. The number of aromatic nitrogens is 2. The van der Waals surface area contributed by atoms with Gasteiger partial charge >= 0.3 is 0 Å². The van der Waals surface area contributed by atoms with Crippen molar-refractivity contribution in [1.82, 2.24) is 9.78 Å². The highest BCUT2D eigenvalue weighted by molar-refractivity contribution is 6.03. The Hall–Kier alpha value is -2.58. The number of benzene rings is 1. The van der Waals surface area contributed by atoms with E-state index in [0.717, 1.165) is 17.7 Å². The van der Waals surface area contributed by atoms with Crippen LogP contribution in [0.1, 0.15) is 28.7 Å². The van der Waals surface area contributed by atoms with Gasteiger partial charge in [-0.3, -0.25) is 9.48 Å². The fourth-order valence-corrected chi connectivity index (χ4v) is 1.93. The molecular formula is C16H18N4O. The van der Waals surface area contributed by atoms with Crippen LogP contribution in [0.5, 0.6) is 0 Å². The quantitative estimate of drug-likeness (QED) is 0.839. The van der Waals surface area contributed by atoms with Crippen LogP contribution in [-0.2, 0) is 13.5 Å². The van der Waals surface area contributed by atoms with Crippen LogP contribution >= 0.6 is 0 Å². The molecule has 0 atom stereocenters. The Bertz CT molecular complexity index is 707. The number of nitrogens with zero attached hydrogens (tertiary/aromatic N) is 2. The number of carbonyl (C=O) groups is 1. The van der Waals surface area contributed by atoms with Gasteiger partial charge in [-0.25, -0.2) is 0 Å². The number of amides is 1. The number of carbonyl (C=O) groups excluding carboxylic acids is 1. The van der Waals surface area contributed by atoms with Crippen molar-refractivity contribution in [3.05, 3.63) is 47.3 Å². The lowest BCUT2D eigenvalue weighted by atomic mass is 10.2. The minimum atomic E-state index is -0.186. The lowest BCUT2D eigenvalue weighted by Gasteiger charge is -2.05. The van der Waals surface area contributed by atoms with Gasteiger partial charge in [0.2, 0.25) is 0 Å². The molecule has 2 rings (SSSR count). The van der Waals surface area contributed by atoms with E-state index in [1.54, 1.807) is 17.8 Å². The van der Waals surface area contributed by atoms with Gasteiger partial charge in [0.1, 0.15) is 5.69 Å². The topological polar surface area (TPSA) is 72.9 Å². The first kappa shape index (κ1) is 14.8. The fourth-order valence-electron chi connectivity index (χ4n) is 1.93. The van der Waals surface area contributed by atoms with Crippen LogP contribution in [0.15, 0.2) is 30.3 Å². The zero-order valence-corrected chi connectivity index (χ0v) is 12.2. The normalized spacial score (nSPS) is 9.86. The SMILES string of the molecule is CCc1cc(C(=O)Nc2cccc(C#CCN)c2)n(C)n1. The number of nitrogens with one attached hydrogen (secondary N) is 1. The van der Waals surface area contributed by atoms with Crippen LogP contribution in [0, 0.1) is 11.8 Å². The average Bonchev–Trinajstić information content (AvgIpc) is 2.87. The number of aryl methyl sites for hydroxylation is 2. The number of hydrogen-bond acceptors (Lipinski definition) is 3. The second-order valence-corrected chi connectivity index (χ2v) is 4.54. The van der Waals surface area contributed by atoms with E-state index >= 15 is 0 Å². The van der Waals surface area contributed by atoms with Crippen molar-refractivity contribution in [1.29, 1.82) is 0 Å². The first-order valence-corrected chi connectivity index (χ1v) is 6.77. The van der Waals surface area contributed by atoms with Gasteiger partial charge in [0.15, 0.2) is 0 Å². The summed E-state index contributed by atoms with van der Waals surface area (Å²) in [6, 6.07) is 9.15. The Morgan fingerprint density at radius 2 is 2.24 bits per heavy atom. The van der Waals surface area contributed by atoms with E-state index in [2.05, 4.69) is 22.3 Å². The van der Waals surface area contributed by atoms with Crippen molar-refractivity contribution in [2.45, 2.75) is 13.3 Å². The minimum absolute atomic E-state index is 0.186. The standard InChI is InChI=1S/C16H18N4O/c1-3-13-11-15(20(2)19-13)16(21)18-14-8-4-6-12(10-14)7-5-9-17/h4,6,8,10-11H,3,9,17H2,1-2H3,(H,18,21). The summed E-state index contributed by atoms with van der Waals surface area (Å²) >= 11 is 0. The third kappa shape index (κ3) is 3.71. The molecule has 21 heavy (non-hydrogen) atoms. The van der Waals surface area contributed by atoms with E-state index in [0.29, 0.717) is 17.9 Å². The summed E-state index contributed by atoms with van der Waals surface area (Å²) in [5.41, 5.74) is 8.29. The lowest BCUT2D eigenvalue weighted by molar-refractivity contribution is 0.101. The zero-order valence-electron chi connectivity index (χ0n) is 12.2. The molecule has 1 amide bonds. The summed E-state index contributed by atoms with van der Waals surface area (Å²) in [6.07, 6.45) is 0.797. The molecule has 0 aliphatic carbocycles. The van der Waals surface area contributed by atoms with Crippen LogP contribution in [0.25, 0.3) is 0 Å². The summed E-state index contributed by atoms with van der Waals surface area (Å²) in [5, 5.41) is 7.12. The maximum absolute atomic E-state index is 12.3. The van der Waals surface area contributed by atoms with Crippen LogP contribution in [0.3, 0.4) is 0 Å². The molecular weight excluding hydrogens is 264 g/mol. The molecule has 0 radical (unpaired) electrons. The van der Waals surface area contributed by atoms with Crippen LogP contribution in [0.2, 0.25) is 0 Å². The molecule has 1 aromatic carbocycles. The number of hydrogen-bond donors (Lipinski definition) is 2. The molecule has 0 unspecified atom stereocenters. The maximum Gasteiger partial charge on any atom is 0.273 e. The number of nitrogens with two attached hydrogens (primary N) is 1. The van der Waals surface area contributed by atoms with Crippen LogP contribution in [-0.4, -0.2) is 22.2 Å². The predicted molar refractivity (Wildman–Crippen MR) is 82.9 cm³/mol. The highest BCUT2D eigenvalue weighted by Crippen LogP contribution is 2.12. The molecule has 0 bridgehead atoms. The largest absolute Gasteiger partial charge is 0.321 e. The van der Waals surface area contributed by atoms with Gasteiger partial charge in [-0.05, 0) is 30.7 Å². The summed E-state index contributed by atoms with van der Waals surface area (Å²) in [4.78, 5) is 12.3. The molecule has 5 nitrogen and oxygen atoms in total. The first-order valence-electron chi connectivity index (χ1n) is 6.77. The summed E-state index contributed by atoms with van der Waals surface area (Å²) in [7, 11) is 1.76. The zero-order chi connectivity index (χ0) is 15.2. The van der Waals surface area contributed by atoms with Crippen molar-refractivity contribution < 1.29 is 4.79 Å². The smallest absolute Gasteiger partial charge is 0.273 e. The van der Waals surface area contributed by atoms with E-state index in [9.17, 15) is 4.79 Å². The Morgan fingerprint density at radius 1 is 1.43 bits per heavy atom. The second kappa shape index (κ2) is 6.73. The maximum atomic E-state index is 12.3. The van der Waals surface area contributed by atoms with E-state index in [-0.39, 0.29) is 5.91 Å². The van der Waals surface area contributed by atoms with E-state index in [1.165, 1.54) is 0 Å². The molecule has 0 aliphatic rings. The van der Waals surface area contributed by atoms with Gasteiger partial charge in [0.05, 0.1) is 12.2 Å². The molecule has 1 heterocycles. The fraction of sp³-hybridized carbons (Fsp3) is 0.250. The van der Waals surface area contributed by atoms with Crippen molar-refractivity contribution >= 4 is 11.6 Å². The summed E-state index contributed by atoms with van der Waals surface area (Å²) in [5.74, 6) is 5.54. The van der Waals surface area contributed by atoms with Crippen molar-refractivity contribution in [3.63, 3.8) is 0 Å². The molecule has 0 aliphatic heterocycles. The van der Waals surface area contributed by atoms with E-state index in [4.69, 9.17) is 5.73 Å². The summed E-state index contributed by atoms with van der Waals surface area (Å²) in [6.45, 7) is 2.31. The molecule has 2 aromatic rings. The van der Waals surface area contributed by atoms with Crippen molar-refractivity contribution in [2.24, 2.45) is 12.8 Å². The van der Waals surface area contributed by atoms with Crippen LogP contribution < -0.4 is 11.1 Å². The Kier molecular flexibility index (Phi) is 4.75. The van der Waals surface area contributed by atoms with Gasteiger partial charge in [-0.15, -0.1) is 0 Å². The Morgan fingerprint density at radius 3 is 2.90 bits per heavy atom. The van der Waals surface area contributed by atoms with Crippen molar-refractivity contribution in [3.8, 4) is 11.8 Å². The molecule has 108 valence electrons. The second-order valence-electron chi connectivity index (χ2n) is 4.54. The van der Waals surface area contributed by atoms with Gasteiger partial charge < -0.3 is 11.1 Å². The highest BCUT2D eigenvalue weighted by atomic mass is 16.2. The third-order valence-electron chi connectivity index (χ3n) is 2.98. The molecule has 3 N–H and O–H groups in total. The molecule has 0 saturated heterocycles. The van der Waals surface area contributed by atoms with E-state index < -0.39 is 0 Å². The lowest BCUT2D eigenvalue weighted by Crippen LogP contribution is -2.16. The van der Waals surface area contributed by atoms with E-state index in [1.807, 2.05) is 31.2 Å². The highest BCUT2D eigenvalue weighted by Gasteiger charge is 2.12. The molecule has 0 spiro atoms. The number of anilines is 1. The third-order valence-corrected chi connectivity index (χ3v) is 2.98.